The third kappa shape index (κ3) is 4.28. The Hall–Kier alpha value is -1.96. The Morgan fingerprint density at radius 3 is 2.30 bits per heavy atom. The van der Waals surface area contributed by atoms with Crippen LogP contribution < -0.4 is 5.32 Å². The van der Waals surface area contributed by atoms with Crippen LogP contribution in [0.4, 0.5) is 9.18 Å². The molecule has 23 heavy (non-hydrogen) atoms. The first kappa shape index (κ1) is 17.4. The van der Waals surface area contributed by atoms with Gasteiger partial charge in [-0.25, -0.2) is 17.6 Å². The normalized spacial score (nSPS) is 17.4. The third-order valence-electron chi connectivity index (χ3n) is 3.58. The summed E-state index contributed by atoms with van der Waals surface area (Å²) in [4.78, 5) is 24.7. The van der Waals surface area contributed by atoms with E-state index in [0.29, 0.717) is 5.56 Å². The number of carbonyl (C=O) groups is 2. The van der Waals surface area contributed by atoms with Crippen LogP contribution in [0.15, 0.2) is 24.3 Å². The lowest BCUT2D eigenvalue weighted by Crippen LogP contribution is -2.40. The summed E-state index contributed by atoms with van der Waals surface area (Å²) < 4.78 is 36.9. The van der Waals surface area contributed by atoms with E-state index in [1.54, 1.807) is 13.8 Å². The number of benzene rings is 1. The number of carbonyl (C=O) groups excluding carboxylic acids is 2. The minimum Gasteiger partial charge on any atom is -0.324 e. The molecule has 1 aromatic rings. The van der Waals surface area contributed by atoms with Crippen molar-refractivity contribution in [1.29, 1.82) is 0 Å². The number of nitrogens with one attached hydrogen (secondary N) is 1. The van der Waals surface area contributed by atoms with Crippen LogP contribution in [0.25, 0.3) is 0 Å². The SMILES string of the molecule is CC1(C)NC(=O)N(CCCS(=O)(=O)Cc2ccc(F)cc2)C1=O. The van der Waals surface area contributed by atoms with Gasteiger partial charge in [-0.1, -0.05) is 12.1 Å². The van der Waals surface area contributed by atoms with Crippen molar-refractivity contribution in [3.63, 3.8) is 0 Å². The Labute approximate surface area is 134 Å². The van der Waals surface area contributed by atoms with Crippen LogP contribution in [0.3, 0.4) is 0 Å². The van der Waals surface area contributed by atoms with Crippen molar-refractivity contribution in [3.8, 4) is 0 Å². The lowest BCUT2D eigenvalue weighted by Gasteiger charge is -2.15. The molecule has 0 aliphatic carbocycles. The van der Waals surface area contributed by atoms with Crippen molar-refractivity contribution in [2.24, 2.45) is 0 Å². The van der Waals surface area contributed by atoms with E-state index in [1.165, 1.54) is 24.3 Å². The van der Waals surface area contributed by atoms with Gasteiger partial charge in [0, 0.05) is 6.54 Å². The third-order valence-corrected chi connectivity index (χ3v) is 5.27. The average molecular weight is 342 g/mol. The zero-order valence-corrected chi connectivity index (χ0v) is 13.8. The smallest absolute Gasteiger partial charge is 0.324 e. The predicted octanol–water partition coefficient (Wildman–Crippen LogP) is 1.46. The van der Waals surface area contributed by atoms with Gasteiger partial charge in [0.05, 0.1) is 11.5 Å². The summed E-state index contributed by atoms with van der Waals surface area (Å²) >= 11 is 0. The highest BCUT2D eigenvalue weighted by Crippen LogP contribution is 2.17. The van der Waals surface area contributed by atoms with Gasteiger partial charge in [0.25, 0.3) is 5.91 Å². The van der Waals surface area contributed by atoms with E-state index in [9.17, 15) is 22.4 Å². The lowest BCUT2D eigenvalue weighted by molar-refractivity contribution is -0.130. The Balaban J connectivity index is 1.89. The van der Waals surface area contributed by atoms with Crippen LogP contribution in [-0.4, -0.2) is 43.1 Å². The molecule has 1 N–H and O–H groups in total. The number of halogens is 1. The monoisotopic (exact) mass is 342 g/mol. The van der Waals surface area contributed by atoms with Crippen molar-refractivity contribution < 1.29 is 22.4 Å². The van der Waals surface area contributed by atoms with Crippen molar-refractivity contribution >= 4 is 21.8 Å². The molecule has 126 valence electrons. The fourth-order valence-corrected chi connectivity index (χ4v) is 3.78. The number of urea groups is 1. The van der Waals surface area contributed by atoms with Gasteiger partial charge in [0.2, 0.25) is 0 Å². The van der Waals surface area contributed by atoms with Gasteiger partial charge in [0.15, 0.2) is 9.84 Å². The van der Waals surface area contributed by atoms with Crippen molar-refractivity contribution in [2.45, 2.75) is 31.6 Å². The maximum atomic E-state index is 12.8. The number of sulfone groups is 1. The molecule has 0 radical (unpaired) electrons. The minimum absolute atomic E-state index is 0.0523. The second-order valence-electron chi connectivity index (χ2n) is 6.08. The molecule has 8 heteroatoms. The standard InChI is InChI=1S/C15H19FN2O4S/c1-15(2)13(19)18(14(20)17-15)8-3-9-23(21,22)10-11-4-6-12(16)7-5-11/h4-7H,3,8-10H2,1-2H3,(H,17,20). The Bertz CT molecular complexity index is 713. The fraction of sp³-hybridized carbons (Fsp3) is 0.467. The summed E-state index contributed by atoms with van der Waals surface area (Å²) in [6.07, 6.45) is 0.165. The first-order valence-electron chi connectivity index (χ1n) is 7.20. The van der Waals surface area contributed by atoms with Crippen LogP contribution in [0.5, 0.6) is 0 Å². The van der Waals surface area contributed by atoms with Crippen LogP contribution in [-0.2, 0) is 20.4 Å². The maximum absolute atomic E-state index is 12.8. The van der Waals surface area contributed by atoms with Crippen LogP contribution in [0.1, 0.15) is 25.8 Å². The van der Waals surface area contributed by atoms with E-state index in [1.807, 2.05) is 0 Å². The number of rotatable bonds is 6. The van der Waals surface area contributed by atoms with E-state index in [2.05, 4.69) is 5.32 Å². The summed E-state index contributed by atoms with van der Waals surface area (Å²) in [5.41, 5.74) is -0.452. The Kier molecular flexibility index (Phi) is 4.74. The van der Waals surface area contributed by atoms with Gasteiger partial charge in [-0.05, 0) is 38.0 Å². The van der Waals surface area contributed by atoms with Gasteiger partial charge >= 0.3 is 6.03 Å². The molecule has 6 nitrogen and oxygen atoms in total. The van der Waals surface area contributed by atoms with Crippen molar-refractivity contribution in [3.05, 3.63) is 35.6 Å². The summed E-state index contributed by atoms with van der Waals surface area (Å²) in [6, 6.07) is 4.76. The number of nitrogens with zero attached hydrogens (tertiary/aromatic N) is 1. The largest absolute Gasteiger partial charge is 0.325 e. The molecule has 1 aliphatic rings. The van der Waals surface area contributed by atoms with Gasteiger partial charge in [-0.2, -0.15) is 0 Å². The summed E-state index contributed by atoms with van der Waals surface area (Å²) in [5.74, 6) is -1.13. The number of hydrogen-bond donors (Lipinski definition) is 1. The predicted molar refractivity (Wildman–Crippen MR) is 82.8 cm³/mol. The van der Waals surface area contributed by atoms with Gasteiger partial charge in [-0.3, -0.25) is 9.69 Å². The summed E-state index contributed by atoms with van der Waals surface area (Å²) in [6.45, 7) is 3.24. The summed E-state index contributed by atoms with van der Waals surface area (Å²) in [7, 11) is -3.40. The Morgan fingerprint density at radius 1 is 1.17 bits per heavy atom. The second kappa shape index (κ2) is 6.27. The average Bonchev–Trinajstić information content (AvgIpc) is 2.63. The molecule has 1 aromatic carbocycles. The molecular formula is C15H19FN2O4S. The first-order chi connectivity index (χ1) is 10.6. The number of imide groups is 1. The van der Waals surface area contributed by atoms with Gasteiger partial charge in [-0.15, -0.1) is 0 Å². The molecule has 0 saturated carbocycles. The Morgan fingerprint density at radius 2 is 1.78 bits per heavy atom. The summed E-state index contributed by atoms with van der Waals surface area (Å²) in [5, 5.41) is 2.54. The highest BCUT2D eigenvalue weighted by molar-refractivity contribution is 7.90. The zero-order chi connectivity index (χ0) is 17.3. The van der Waals surface area contributed by atoms with Crippen LogP contribution >= 0.6 is 0 Å². The van der Waals surface area contributed by atoms with E-state index in [0.717, 1.165) is 4.90 Å². The van der Waals surface area contributed by atoms with Crippen molar-refractivity contribution in [2.75, 3.05) is 12.3 Å². The molecule has 0 atom stereocenters. The molecule has 3 amide bonds. The maximum Gasteiger partial charge on any atom is 0.325 e. The number of hydrogen-bond acceptors (Lipinski definition) is 4. The first-order valence-corrected chi connectivity index (χ1v) is 9.02. The van der Waals surface area contributed by atoms with E-state index >= 15 is 0 Å². The van der Waals surface area contributed by atoms with Crippen molar-refractivity contribution in [1.82, 2.24) is 10.2 Å². The van der Waals surface area contributed by atoms with Crippen LogP contribution in [0.2, 0.25) is 0 Å². The topological polar surface area (TPSA) is 83.6 Å². The molecule has 0 aromatic heterocycles. The minimum atomic E-state index is -3.40. The molecular weight excluding hydrogens is 323 g/mol. The molecule has 1 fully saturated rings. The van der Waals surface area contributed by atoms with E-state index < -0.39 is 27.2 Å². The lowest BCUT2D eigenvalue weighted by atomic mass is 10.1. The zero-order valence-electron chi connectivity index (χ0n) is 13.0. The van der Waals surface area contributed by atoms with E-state index in [4.69, 9.17) is 0 Å². The highest BCUT2D eigenvalue weighted by Gasteiger charge is 2.43. The van der Waals surface area contributed by atoms with Gasteiger partial charge < -0.3 is 5.32 Å². The molecule has 1 aliphatic heterocycles. The second-order valence-corrected chi connectivity index (χ2v) is 8.27. The number of amides is 3. The molecule has 0 spiro atoms. The quantitative estimate of drug-likeness (QED) is 0.794. The molecule has 1 heterocycles. The highest BCUT2D eigenvalue weighted by atomic mass is 32.2. The molecule has 0 unspecified atom stereocenters. The molecule has 1 saturated heterocycles. The molecule has 2 rings (SSSR count). The van der Waals surface area contributed by atoms with E-state index in [-0.39, 0.29) is 30.4 Å². The van der Waals surface area contributed by atoms with Gasteiger partial charge in [0.1, 0.15) is 11.4 Å². The fourth-order valence-electron chi connectivity index (χ4n) is 2.37. The molecule has 0 bridgehead atoms. The van der Waals surface area contributed by atoms with Crippen LogP contribution in [0, 0.1) is 5.82 Å².